The molecule has 1 aromatic heterocycles. The summed E-state index contributed by atoms with van der Waals surface area (Å²) in [6.45, 7) is 9.07. The molecule has 1 aromatic carbocycles. The lowest BCUT2D eigenvalue weighted by atomic mass is 9.80. The van der Waals surface area contributed by atoms with Gasteiger partial charge in [0.25, 0.3) is 0 Å². The summed E-state index contributed by atoms with van der Waals surface area (Å²) in [6.07, 6.45) is 2.23. The van der Waals surface area contributed by atoms with E-state index in [1.165, 1.54) is 0 Å². The van der Waals surface area contributed by atoms with E-state index in [1.807, 2.05) is 36.1 Å². The average Bonchev–Trinajstić information content (AvgIpc) is 3.54. The number of rotatable bonds is 5. The molecule has 31 heavy (non-hydrogen) atoms. The Hall–Kier alpha value is -2.41. The maximum Gasteiger partial charge on any atom is 0.224 e. The second-order valence-electron chi connectivity index (χ2n) is 9.18. The van der Waals surface area contributed by atoms with Crippen molar-refractivity contribution in [2.75, 3.05) is 10.2 Å². The van der Waals surface area contributed by atoms with Gasteiger partial charge in [-0.05, 0) is 75.4 Å². The van der Waals surface area contributed by atoms with E-state index < -0.39 is 15.1 Å². The summed E-state index contributed by atoms with van der Waals surface area (Å²) in [4.78, 5) is 19.5. The summed E-state index contributed by atoms with van der Waals surface area (Å²) in [6, 6.07) is 11.0. The van der Waals surface area contributed by atoms with Gasteiger partial charge in [-0.2, -0.15) is 0 Å². The number of carbonyl (C=O) groups excluding carboxylic acids is 1. The minimum absolute atomic E-state index is 0.00315. The molecule has 1 aliphatic heterocycles. The molecular weight excluding hydrogens is 410 g/mol. The Bertz CT molecular complexity index is 1110. The summed E-state index contributed by atoms with van der Waals surface area (Å²) in [5.74, 6) is 1.33. The Morgan fingerprint density at radius 3 is 2.48 bits per heavy atom. The SMILES string of the molecule is CC(=O)N1c2ccc(S(=O)(=O)C(C)C)cc2[C@H](Nc2cccc(C)n2)[C@@H](C)[C@@H]1C1CC1. The number of benzene rings is 1. The van der Waals surface area contributed by atoms with Gasteiger partial charge < -0.3 is 10.2 Å². The predicted molar refractivity (Wildman–Crippen MR) is 123 cm³/mol. The van der Waals surface area contributed by atoms with Gasteiger partial charge in [0.2, 0.25) is 5.91 Å². The van der Waals surface area contributed by atoms with Crippen LogP contribution in [0.3, 0.4) is 0 Å². The number of sulfone groups is 1. The Labute approximate surface area is 185 Å². The third-order valence-electron chi connectivity index (χ3n) is 6.54. The van der Waals surface area contributed by atoms with Crippen molar-refractivity contribution in [3.8, 4) is 0 Å². The highest BCUT2D eigenvalue weighted by Crippen LogP contribution is 2.50. The maximum atomic E-state index is 12.9. The number of aromatic nitrogens is 1. The van der Waals surface area contributed by atoms with Crippen LogP contribution in [-0.4, -0.2) is 30.6 Å². The van der Waals surface area contributed by atoms with Crippen LogP contribution in [0.2, 0.25) is 0 Å². The number of hydrogen-bond donors (Lipinski definition) is 1. The topological polar surface area (TPSA) is 79.4 Å². The fourth-order valence-corrected chi connectivity index (χ4v) is 5.87. The molecule has 4 rings (SSSR count). The van der Waals surface area contributed by atoms with E-state index in [9.17, 15) is 13.2 Å². The van der Waals surface area contributed by atoms with Gasteiger partial charge in [0.05, 0.1) is 16.2 Å². The van der Waals surface area contributed by atoms with Crippen LogP contribution in [-0.2, 0) is 14.6 Å². The molecule has 3 atom stereocenters. The molecule has 1 N–H and O–H groups in total. The molecule has 7 heteroatoms. The molecule has 0 bridgehead atoms. The van der Waals surface area contributed by atoms with Gasteiger partial charge >= 0.3 is 0 Å². The van der Waals surface area contributed by atoms with Crippen LogP contribution in [0, 0.1) is 18.8 Å². The predicted octanol–water partition coefficient (Wildman–Crippen LogP) is 4.51. The van der Waals surface area contributed by atoms with Gasteiger partial charge in [-0.3, -0.25) is 4.79 Å². The Balaban J connectivity index is 1.87. The molecule has 0 saturated heterocycles. The Kier molecular flexibility index (Phi) is 5.58. The molecule has 0 spiro atoms. The second-order valence-corrected chi connectivity index (χ2v) is 11.7. The van der Waals surface area contributed by atoms with Crippen molar-refractivity contribution in [1.82, 2.24) is 4.98 Å². The van der Waals surface area contributed by atoms with E-state index in [0.29, 0.717) is 10.8 Å². The molecule has 6 nitrogen and oxygen atoms in total. The summed E-state index contributed by atoms with van der Waals surface area (Å²) >= 11 is 0. The normalized spacial score (nSPS) is 23.5. The van der Waals surface area contributed by atoms with Gasteiger partial charge in [0.15, 0.2) is 9.84 Å². The fraction of sp³-hybridized carbons (Fsp3) is 0.500. The lowest BCUT2D eigenvalue weighted by Gasteiger charge is -2.46. The number of amides is 1. The zero-order valence-electron chi connectivity index (χ0n) is 18.8. The lowest BCUT2D eigenvalue weighted by Crippen LogP contribution is -2.51. The Morgan fingerprint density at radius 2 is 1.90 bits per heavy atom. The number of hydrogen-bond acceptors (Lipinski definition) is 5. The summed E-state index contributed by atoms with van der Waals surface area (Å²) in [5, 5.41) is 3.05. The van der Waals surface area contributed by atoms with E-state index in [-0.39, 0.29) is 23.9 Å². The minimum atomic E-state index is -3.43. The van der Waals surface area contributed by atoms with E-state index >= 15 is 0 Å². The maximum absolute atomic E-state index is 12.9. The van der Waals surface area contributed by atoms with Gasteiger partial charge in [0.1, 0.15) is 5.82 Å². The first kappa shape index (κ1) is 21.8. The number of nitrogens with zero attached hydrogens (tertiary/aromatic N) is 2. The molecule has 1 amide bonds. The molecule has 1 fully saturated rings. The zero-order chi connectivity index (χ0) is 22.5. The van der Waals surface area contributed by atoms with E-state index in [4.69, 9.17) is 0 Å². The Morgan fingerprint density at radius 1 is 1.19 bits per heavy atom. The van der Waals surface area contributed by atoms with E-state index in [1.54, 1.807) is 32.9 Å². The number of aryl methyl sites for hydroxylation is 1. The quantitative estimate of drug-likeness (QED) is 0.739. The first-order valence-corrected chi connectivity index (χ1v) is 12.5. The van der Waals surface area contributed by atoms with Crippen LogP contribution in [0.5, 0.6) is 0 Å². The molecule has 0 radical (unpaired) electrons. The zero-order valence-corrected chi connectivity index (χ0v) is 19.6. The number of pyridine rings is 1. The molecule has 2 aliphatic rings. The van der Waals surface area contributed by atoms with Crippen molar-refractivity contribution in [2.45, 2.75) is 69.7 Å². The second kappa shape index (κ2) is 7.93. The van der Waals surface area contributed by atoms with Crippen molar-refractivity contribution < 1.29 is 13.2 Å². The number of carbonyl (C=O) groups is 1. The fourth-order valence-electron chi connectivity index (χ4n) is 4.78. The highest BCUT2D eigenvalue weighted by molar-refractivity contribution is 7.92. The van der Waals surface area contributed by atoms with Gasteiger partial charge in [-0.1, -0.05) is 13.0 Å². The third-order valence-corrected chi connectivity index (χ3v) is 8.69. The average molecular weight is 442 g/mol. The third kappa shape index (κ3) is 3.95. The van der Waals surface area contributed by atoms with Crippen molar-refractivity contribution >= 4 is 27.2 Å². The van der Waals surface area contributed by atoms with Crippen molar-refractivity contribution in [3.05, 3.63) is 47.7 Å². The smallest absolute Gasteiger partial charge is 0.224 e. The molecule has 166 valence electrons. The minimum Gasteiger partial charge on any atom is -0.363 e. The molecule has 1 aliphatic carbocycles. The van der Waals surface area contributed by atoms with Crippen LogP contribution >= 0.6 is 0 Å². The number of fused-ring (bicyclic) bond motifs is 1. The standard InChI is InChI=1S/C24H31N3O3S/c1-14(2)31(29,30)19-11-12-21-20(13-19)23(26-22-8-6-7-15(3)25-22)16(4)24(18-9-10-18)27(21)17(5)28/h6-8,11-14,16,18,23-24H,9-10H2,1-5H3,(H,25,26)/t16-,23-,24-/m1/s1. The molecule has 2 heterocycles. The largest absolute Gasteiger partial charge is 0.363 e. The van der Waals surface area contributed by atoms with Crippen molar-refractivity contribution in [3.63, 3.8) is 0 Å². The van der Waals surface area contributed by atoms with E-state index in [0.717, 1.165) is 35.6 Å². The van der Waals surface area contributed by atoms with E-state index in [2.05, 4.69) is 17.2 Å². The molecule has 1 saturated carbocycles. The van der Waals surface area contributed by atoms with Crippen LogP contribution in [0.4, 0.5) is 11.5 Å². The van der Waals surface area contributed by atoms with Crippen LogP contribution in [0.15, 0.2) is 41.3 Å². The van der Waals surface area contributed by atoms with Gasteiger partial charge in [0, 0.05) is 30.3 Å². The lowest BCUT2D eigenvalue weighted by molar-refractivity contribution is -0.117. The molecule has 2 aromatic rings. The molecular formula is C24H31N3O3S. The van der Waals surface area contributed by atoms with Crippen LogP contribution < -0.4 is 10.2 Å². The monoisotopic (exact) mass is 441 g/mol. The van der Waals surface area contributed by atoms with Crippen LogP contribution in [0.1, 0.15) is 57.8 Å². The molecule has 0 unspecified atom stereocenters. The first-order valence-electron chi connectivity index (χ1n) is 11.0. The van der Waals surface area contributed by atoms with Crippen molar-refractivity contribution in [2.24, 2.45) is 11.8 Å². The highest BCUT2D eigenvalue weighted by atomic mass is 32.2. The van der Waals surface area contributed by atoms with Crippen LogP contribution in [0.25, 0.3) is 0 Å². The summed E-state index contributed by atoms with van der Waals surface area (Å²) < 4.78 is 25.8. The summed E-state index contributed by atoms with van der Waals surface area (Å²) in [7, 11) is -3.43. The first-order chi connectivity index (χ1) is 14.6. The van der Waals surface area contributed by atoms with Crippen molar-refractivity contribution in [1.29, 1.82) is 0 Å². The number of nitrogens with one attached hydrogen (secondary N) is 1. The summed E-state index contributed by atoms with van der Waals surface area (Å²) in [5.41, 5.74) is 2.55. The van der Waals surface area contributed by atoms with Gasteiger partial charge in [-0.25, -0.2) is 13.4 Å². The van der Waals surface area contributed by atoms with Gasteiger partial charge in [-0.15, -0.1) is 0 Å². The number of anilines is 2. The highest BCUT2D eigenvalue weighted by Gasteiger charge is 2.47.